The molecule has 82 valence electrons. The van der Waals surface area contributed by atoms with Crippen molar-refractivity contribution in [2.75, 3.05) is 0 Å². The van der Waals surface area contributed by atoms with E-state index in [0.717, 1.165) is 17.8 Å². The molecule has 0 aromatic carbocycles. The maximum Gasteiger partial charge on any atom is -0.0297 e. The fourth-order valence-corrected chi connectivity index (χ4v) is 3.66. The predicted octanol–water partition coefficient (Wildman–Crippen LogP) is 4.49. The Labute approximate surface area is 89.5 Å². The fourth-order valence-electron chi connectivity index (χ4n) is 3.66. The monoisotopic (exact) mass is 194 g/mol. The maximum absolute atomic E-state index is 2.50. The van der Waals surface area contributed by atoms with E-state index in [9.17, 15) is 0 Å². The molecule has 0 spiro atoms. The van der Waals surface area contributed by atoms with Crippen LogP contribution in [0, 0.1) is 28.6 Å². The van der Waals surface area contributed by atoms with Crippen LogP contribution in [-0.2, 0) is 0 Å². The summed E-state index contributed by atoms with van der Waals surface area (Å²) in [5, 5.41) is 0. The van der Waals surface area contributed by atoms with Gasteiger partial charge >= 0.3 is 0 Å². The van der Waals surface area contributed by atoms with Gasteiger partial charge < -0.3 is 0 Å². The minimum atomic E-state index is 0.535. The van der Waals surface area contributed by atoms with Crippen LogP contribution in [0.2, 0.25) is 0 Å². The van der Waals surface area contributed by atoms with Crippen LogP contribution >= 0.6 is 0 Å². The molecule has 0 amide bonds. The number of hydrogen-bond acceptors (Lipinski definition) is 0. The lowest BCUT2D eigenvalue weighted by atomic mass is 9.54. The molecule has 0 aromatic heterocycles. The summed E-state index contributed by atoms with van der Waals surface area (Å²) < 4.78 is 0. The van der Waals surface area contributed by atoms with Crippen molar-refractivity contribution in [2.45, 2.75) is 60.3 Å². The molecule has 3 rings (SSSR count). The molecule has 0 nitrogen and oxygen atoms in total. The van der Waals surface area contributed by atoms with Crippen LogP contribution < -0.4 is 0 Å². The van der Waals surface area contributed by atoms with Crippen LogP contribution in [0.25, 0.3) is 0 Å². The number of rotatable bonds is 0. The molecule has 3 saturated carbocycles. The SMILES string of the molecule is CC(C)(C)C1CCC2CC(C1)C2(C)C. The highest BCUT2D eigenvalue weighted by atomic mass is 14.6. The second kappa shape index (κ2) is 3.00. The molecule has 0 radical (unpaired) electrons. The standard InChI is InChI=1S/C14H26/c1-13(2,3)10-6-7-11-9-12(8-10)14(11,4)5/h10-12H,6-9H2,1-5H3. The van der Waals surface area contributed by atoms with Crippen LogP contribution in [0.1, 0.15) is 60.3 Å². The quantitative estimate of drug-likeness (QED) is 0.533. The van der Waals surface area contributed by atoms with E-state index in [2.05, 4.69) is 34.6 Å². The lowest BCUT2D eigenvalue weighted by Gasteiger charge is -2.51. The summed E-state index contributed by atoms with van der Waals surface area (Å²) in [4.78, 5) is 0. The number of fused-ring (bicyclic) bond motifs is 3. The molecule has 3 atom stereocenters. The zero-order chi connectivity index (χ0) is 10.6. The zero-order valence-corrected chi connectivity index (χ0v) is 10.6. The highest BCUT2D eigenvalue weighted by molar-refractivity contribution is 5.00. The van der Waals surface area contributed by atoms with Crippen LogP contribution in [0.3, 0.4) is 0 Å². The van der Waals surface area contributed by atoms with E-state index in [1.165, 1.54) is 25.7 Å². The van der Waals surface area contributed by atoms with Crippen LogP contribution in [0.4, 0.5) is 0 Å². The van der Waals surface area contributed by atoms with Crippen molar-refractivity contribution in [2.24, 2.45) is 28.6 Å². The summed E-state index contributed by atoms with van der Waals surface area (Å²) in [7, 11) is 0. The first-order chi connectivity index (χ1) is 6.32. The summed E-state index contributed by atoms with van der Waals surface area (Å²) in [5.41, 5.74) is 1.20. The molecule has 2 bridgehead atoms. The smallest absolute Gasteiger partial charge is 0.0297 e. The lowest BCUT2D eigenvalue weighted by Crippen LogP contribution is -2.43. The Morgan fingerprint density at radius 3 is 2.07 bits per heavy atom. The topological polar surface area (TPSA) is 0 Å². The average molecular weight is 194 g/mol. The molecule has 0 N–H and O–H groups in total. The van der Waals surface area contributed by atoms with E-state index in [1.807, 2.05) is 0 Å². The third-order valence-corrected chi connectivity index (χ3v) is 5.33. The molecule has 0 aromatic rings. The normalized spacial score (nSPS) is 41.4. The van der Waals surface area contributed by atoms with Gasteiger partial charge in [0, 0.05) is 0 Å². The molecule has 14 heavy (non-hydrogen) atoms. The van der Waals surface area contributed by atoms with Crippen molar-refractivity contribution in [1.82, 2.24) is 0 Å². The summed E-state index contributed by atoms with van der Waals surface area (Å²) in [6.45, 7) is 12.3. The van der Waals surface area contributed by atoms with E-state index in [-0.39, 0.29) is 0 Å². The van der Waals surface area contributed by atoms with E-state index in [1.54, 1.807) is 0 Å². The van der Waals surface area contributed by atoms with Crippen molar-refractivity contribution >= 4 is 0 Å². The van der Waals surface area contributed by atoms with E-state index < -0.39 is 0 Å². The second-order valence-electron chi connectivity index (χ2n) is 7.33. The molecule has 0 heterocycles. The van der Waals surface area contributed by atoms with Crippen LogP contribution in [-0.4, -0.2) is 0 Å². The van der Waals surface area contributed by atoms with Crippen molar-refractivity contribution in [3.05, 3.63) is 0 Å². The first-order valence-corrected chi connectivity index (χ1v) is 6.32. The first-order valence-electron chi connectivity index (χ1n) is 6.32. The average Bonchev–Trinajstić information content (AvgIpc) is 2.31. The molecule has 0 heteroatoms. The first kappa shape index (κ1) is 10.5. The Morgan fingerprint density at radius 1 is 0.929 bits per heavy atom. The van der Waals surface area contributed by atoms with Crippen LogP contribution in [0.15, 0.2) is 0 Å². The highest BCUT2D eigenvalue weighted by Gasteiger charge is 2.51. The van der Waals surface area contributed by atoms with Gasteiger partial charge in [0.1, 0.15) is 0 Å². The Hall–Kier alpha value is 0. The minimum Gasteiger partial charge on any atom is -0.0599 e. The minimum absolute atomic E-state index is 0.535. The predicted molar refractivity (Wildman–Crippen MR) is 62.2 cm³/mol. The molecule has 3 aliphatic carbocycles. The summed E-state index contributed by atoms with van der Waals surface area (Å²) in [6, 6.07) is 0. The van der Waals surface area contributed by atoms with Gasteiger partial charge in [-0.15, -0.1) is 0 Å². The van der Waals surface area contributed by atoms with Gasteiger partial charge in [0.05, 0.1) is 0 Å². The van der Waals surface area contributed by atoms with Gasteiger partial charge in [0.2, 0.25) is 0 Å². The van der Waals surface area contributed by atoms with E-state index in [0.29, 0.717) is 10.8 Å². The third-order valence-electron chi connectivity index (χ3n) is 5.33. The molecule has 3 aliphatic rings. The van der Waals surface area contributed by atoms with Gasteiger partial charge in [-0.3, -0.25) is 0 Å². The molecule has 3 fully saturated rings. The number of hydrogen-bond donors (Lipinski definition) is 0. The van der Waals surface area contributed by atoms with Gasteiger partial charge in [-0.2, -0.15) is 0 Å². The lowest BCUT2D eigenvalue weighted by molar-refractivity contribution is -0.0209. The second-order valence-corrected chi connectivity index (χ2v) is 7.33. The molecular weight excluding hydrogens is 168 g/mol. The Kier molecular flexibility index (Phi) is 2.25. The largest absolute Gasteiger partial charge is 0.0599 e. The van der Waals surface area contributed by atoms with Gasteiger partial charge in [0.25, 0.3) is 0 Å². The third kappa shape index (κ3) is 1.51. The molecule has 0 saturated heterocycles. The van der Waals surface area contributed by atoms with Gasteiger partial charge in [-0.05, 0) is 54.3 Å². The Bertz CT molecular complexity index is 219. The van der Waals surface area contributed by atoms with Gasteiger partial charge in [0.15, 0.2) is 0 Å². The van der Waals surface area contributed by atoms with Crippen molar-refractivity contribution in [1.29, 1.82) is 0 Å². The summed E-state index contributed by atoms with van der Waals surface area (Å²) in [5.74, 6) is 3.04. The van der Waals surface area contributed by atoms with Crippen LogP contribution in [0.5, 0.6) is 0 Å². The summed E-state index contributed by atoms with van der Waals surface area (Å²) in [6.07, 6.45) is 5.99. The van der Waals surface area contributed by atoms with Crippen molar-refractivity contribution in [3.8, 4) is 0 Å². The van der Waals surface area contributed by atoms with Crippen molar-refractivity contribution in [3.63, 3.8) is 0 Å². The maximum atomic E-state index is 2.50. The van der Waals surface area contributed by atoms with Gasteiger partial charge in [-0.1, -0.05) is 34.6 Å². The zero-order valence-electron chi connectivity index (χ0n) is 10.6. The van der Waals surface area contributed by atoms with Gasteiger partial charge in [-0.25, -0.2) is 0 Å². The van der Waals surface area contributed by atoms with E-state index in [4.69, 9.17) is 0 Å². The highest BCUT2D eigenvalue weighted by Crippen LogP contribution is 2.60. The molecule has 0 aliphatic heterocycles. The fraction of sp³-hybridized carbons (Fsp3) is 1.00. The summed E-state index contributed by atoms with van der Waals surface area (Å²) >= 11 is 0. The Balaban J connectivity index is 2.09. The van der Waals surface area contributed by atoms with E-state index >= 15 is 0 Å². The Morgan fingerprint density at radius 2 is 1.57 bits per heavy atom. The molecular formula is C14H26. The van der Waals surface area contributed by atoms with Crippen molar-refractivity contribution < 1.29 is 0 Å². The molecule has 3 unspecified atom stereocenters.